The minimum absolute atomic E-state index is 0.822. The second kappa shape index (κ2) is 7.06. The number of aromatic nitrogens is 1. The first kappa shape index (κ1) is 19.1. The van der Waals surface area contributed by atoms with Gasteiger partial charge in [-0.05, 0) is 61.0 Å². The number of rotatable bonds is 3. The van der Waals surface area contributed by atoms with E-state index in [9.17, 15) is 0 Å². The van der Waals surface area contributed by atoms with Crippen molar-refractivity contribution < 1.29 is 4.42 Å². The highest BCUT2D eigenvalue weighted by Crippen LogP contribution is 2.47. The average molecular weight is 439 g/mol. The first-order valence-corrected chi connectivity index (χ1v) is 11.6. The van der Waals surface area contributed by atoms with Gasteiger partial charge < -0.3 is 4.42 Å². The summed E-state index contributed by atoms with van der Waals surface area (Å²) in [5.74, 6) is 0.822. The summed E-state index contributed by atoms with van der Waals surface area (Å²) in [6, 6.07) is 27.8. The molecule has 0 radical (unpaired) electrons. The molecule has 0 fully saturated rings. The zero-order chi connectivity index (χ0) is 22.8. The van der Waals surface area contributed by atoms with E-state index in [1.54, 1.807) is 0 Å². The monoisotopic (exact) mass is 438 g/mol. The Kier molecular flexibility index (Phi) is 3.97. The molecule has 0 saturated heterocycles. The van der Waals surface area contributed by atoms with Gasteiger partial charge in [-0.25, -0.2) is 4.99 Å². The Morgan fingerprint density at radius 3 is 2.44 bits per heavy atom. The minimum atomic E-state index is 0.822. The highest BCUT2D eigenvalue weighted by Gasteiger charge is 2.26. The first-order chi connectivity index (χ1) is 16.8. The van der Waals surface area contributed by atoms with Gasteiger partial charge in [-0.1, -0.05) is 66.7 Å². The van der Waals surface area contributed by atoms with Gasteiger partial charge >= 0.3 is 0 Å². The van der Waals surface area contributed by atoms with E-state index in [2.05, 4.69) is 83.0 Å². The lowest BCUT2D eigenvalue weighted by Gasteiger charge is -2.07. The van der Waals surface area contributed by atoms with Crippen molar-refractivity contribution in [3.05, 3.63) is 102 Å². The number of furan rings is 1. The third kappa shape index (κ3) is 2.44. The standard InChI is InChI=1S/C31H22N2O/c1-3-9-25-28-26(33(31(25)32-2)21-11-5-4-6-12-21)17-16-24-23-15-14-20-18-19-10-7-8-13-22(19)27(20)29(23)34-30(24)28/h3-17H,2,18H2,1H3/b9-3-. The number of nitrogens with zero attached hydrogens (tertiary/aromatic N) is 2. The summed E-state index contributed by atoms with van der Waals surface area (Å²) in [6.07, 6.45) is 5.11. The van der Waals surface area contributed by atoms with Crippen molar-refractivity contribution >= 4 is 51.5 Å². The van der Waals surface area contributed by atoms with Crippen LogP contribution in [0.1, 0.15) is 23.6 Å². The molecule has 0 saturated carbocycles. The van der Waals surface area contributed by atoms with Crippen LogP contribution in [0.3, 0.4) is 0 Å². The lowest BCUT2D eigenvalue weighted by molar-refractivity contribution is 0.673. The predicted molar refractivity (Wildman–Crippen MR) is 143 cm³/mol. The SMILES string of the molecule is C=Nc1c(/C=C\C)c2c3oc4c5c(ccc4c3ccc2n1-c1ccccc1)Cc1ccccc1-5. The van der Waals surface area contributed by atoms with E-state index < -0.39 is 0 Å². The molecule has 2 heterocycles. The lowest BCUT2D eigenvalue weighted by Crippen LogP contribution is -1.92. The van der Waals surface area contributed by atoms with Crippen LogP contribution in [0, 0.1) is 0 Å². The summed E-state index contributed by atoms with van der Waals surface area (Å²) in [4.78, 5) is 4.47. The second-order valence-electron chi connectivity index (χ2n) is 8.82. The molecule has 0 aliphatic heterocycles. The Labute approximate surface area is 197 Å². The van der Waals surface area contributed by atoms with Gasteiger partial charge in [-0.15, -0.1) is 0 Å². The molecule has 0 unspecified atom stereocenters. The van der Waals surface area contributed by atoms with Crippen molar-refractivity contribution in [1.82, 2.24) is 4.57 Å². The maximum atomic E-state index is 6.79. The number of aliphatic imine (C=N–C) groups is 1. The van der Waals surface area contributed by atoms with Crippen LogP contribution in [0.4, 0.5) is 5.82 Å². The summed E-state index contributed by atoms with van der Waals surface area (Å²) < 4.78 is 8.96. The zero-order valence-corrected chi connectivity index (χ0v) is 18.9. The Morgan fingerprint density at radius 2 is 1.62 bits per heavy atom. The molecule has 3 heteroatoms. The van der Waals surface area contributed by atoms with Gasteiger partial charge in [0.05, 0.1) is 10.9 Å². The highest BCUT2D eigenvalue weighted by molar-refractivity contribution is 6.20. The van der Waals surface area contributed by atoms with E-state index in [1.165, 1.54) is 22.3 Å². The van der Waals surface area contributed by atoms with E-state index in [0.29, 0.717) is 0 Å². The number of allylic oxidation sites excluding steroid dienone is 1. The summed E-state index contributed by atoms with van der Waals surface area (Å²) in [5.41, 5.74) is 10.2. The van der Waals surface area contributed by atoms with Crippen molar-refractivity contribution in [1.29, 1.82) is 0 Å². The van der Waals surface area contributed by atoms with E-state index in [1.807, 2.05) is 31.2 Å². The van der Waals surface area contributed by atoms with Crippen LogP contribution in [-0.4, -0.2) is 11.3 Å². The fourth-order valence-corrected chi connectivity index (χ4v) is 5.61. The summed E-state index contributed by atoms with van der Waals surface area (Å²) in [6.45, 7) is 5.94. The van der Waals surface area contributed by atoms with Gasteiger partial charge in [0.25, 0.3) is 0 Å². The van der Waals surface area contributed by atoms with Crippen LogP contribution in [0.5, 0.6) is 0 Å². The topological polar surface area (TPSA) is 30.4 Å². The molecule has 0 amide bonds. The molecule has 3 nitrogen and oxygen atoms in total. The van der Waals surface area contributed by atoms with E-state index >= 15 is 0 Å². The molecule has 0 bridgehead atoms. The molecule has 162 valence electrons. The first-order valence-electron chi connectivity index (χ1n) is 11.6. The largest absolute Gasteiger partial charge is 0.455 e. The third-order valence-corrected chi connectivity index (χ3v) is 7.00. The number of fused-ring (bicyclic) bond motifs is 9. The highest BCUT2D eigenvalue weighted by atomic mass is 16.3. The zero-order valence-electron chi connectivity index (χ0n) is 18.9. The maximum Gasteiger partial charge on any atom is 0.145 e. The minimum Gasteiger partial charge on any atom is -0.455 e. The smallest absolute Gasteiger partial charge is 0.145 e. The number of hydrogen-bond donors (Lipinski definition) is 0. The van der Waals surface area contributed by atoms with Crippen LogP contribution in [0.2, 0.25) is 0 Å². The molecule has 6 aromatic rings. The number of para-hydroxylation sites is 1. The van der Waals surface area contributed by atoms with Crippen LogP contribution < -0.4 is 0 Å². The number of benzene rings is 4. The van der Waals surface area contributed by atoms with Crippen LogP contribution in [0.15, 0.2) is 94.3 Å². The van der Waals surface area contributed by atoms with Gasteiger partial charge in [0, 0.05) is 27.6 Å². The van der Waals surface area contributed by atoms with Gasteiger partial charge in [0.1, 0.15) is 17.0 Å². The molecule has 0 spiro atoms. The van der Waals surface area contributed by atoms with Gasteiger partial charge in [0.2, 0.25) is 0 Å². The van der Waals surface area contributed by atoms with Crippen molar-refractivity contribution in [3.8, 4) is 16.8 Å². The van der Waals surface area contributed by atoms with Crippen LogP contribution >= 0.6 is 0 Å². The molecule has 1 aliphatic rings. The molecular formula is C31H22N2O. The molecule has 1 aliphatic carbocycles. The van der Waals surface area contributed by atoms with Crippen molar-refractivity contribution in [2.24, 2.45) is 4.99 Å². The van der Waals surface area contributed by atoms with Crippen molar-refractivity contribution in [2.45, 2.75) is 13.3 Å². The maximum absolute atomic E-state index is 6.79. The molecule has 7 rings (SSSR count). The van der Waals surface area contributed by atoms with E-state index in [4.69, 9.17) is 4.42 Å². The second-order valence-corrected chi connectivity index (χ2v) is 8.82. The Bertz CT molecular complexity index is 1800. The van der Waals surface area contributed by atoms with Crippen molar-refractivity contribution in [3.63, 3.8) is 0 Å². The number of hydrogen-bond acceptors (Lipinski definition) is 2. The van der Waals surface area contributed by atoms with Gasteiger partial charge in [-0.3, -0.25) is 4.57 Å². The Balaban J connectivity index is 1.65. The van der Waals surface area contributed by atoms with Crippen molar-refractivity contribution in [2.75, 3.05) is 0 Å². The van der Waals surface area contributed by atoms with Gasteiger partial charge in [-0.2, -0.15) is 0 Å². The van der Waals surface area contributed by atoms with E-state index in [-0.39, 0.29) is 0 Å². The predicted octanol–water partition coefficient (Wildman–Crippen LogP) is 8.47. The Hall–Kier alpha value is -4.37. The van der Waals surface area contributed by atoms with Crippen LogP contribution in [-0.2, 0) is 6.42 Å². The summed E-state index contributed by atoms with van der Waals surface area (Å²) in [7, 11) is 0. The Morgan fingerprint density at radius 1 is 0.853 bits per heavy atom. The summed E-state index contributed by atoms with van der Waals surface area (Å²) in [5, 5.41) is 3.35. The third-order valence-electron chi connectivity index (χ3n) is 7.00. The molecular weight excluding hydrogens is 416 g/mol. The molecule has 34 heavy (non-hydrogen) atoms. The van der Waals surface area contributed by atoms with Crippen LogP contribution in [0.25, 0.3) is 55.7 Å². The summed E-state index contributed by atoms with van der Waals surface area (Å²) >= 11 is 0. The molecule has 0 N–H and O–H groups in total. The van der Waals surface area contributed by atoms with Gasteiger partial charge in [0.15, 0.2) is 0 Å². The fraction of sp³-hybridized carbons (Fsp3) is 0.0645. The molecule has 2 aromatic heterocycles. The fourth-order valence-electron chi connectivity index (χ4n) is 5.61. The molecule has 0 atom stereocenters. The quantitative estimate of drug-likeness (QED) is 0.254. The molecule has 4 aromatic carbocycles. The average Bonchev–Trinajstić information content (AvgIpc) is 3.53. The lowest BCUT2D eigenvalue weighted by atomic mass is 10.0. The normalized spacial score (nSPS) is 12.7. The van der Waals surface area contributed by atoms with E-state index in [0.717, 1.165) is 56.3 Å².